The molecule has 0 aliphatic carbocycles. The van der Waals surface area contributed by atoms with Gasteiger partial charge in [0.2, 0.25) is 5.88 Å². The smallest absolute Gasteiger partial charge is 0.287 e. The summed E-state index contributed by atoms with van der Waals surface area (Å²) >= 11 is 0. The number of hydrogen-bond donors (Lipinski definition) is 1. The van der Waals surface area contributed by atoms with E-state index in [1.54, 1.807) is 30.3 Å². The zero-order valence-corrected chi connectivity index (χ0v) is 22.2. The molecule has 5 rings (SSSR count). The minimum absolute atomic E-state index is 0.137. The number of carbonyl (C=O) groups excluding carboxylic acids is 1. The van der Waals surface area contributed by atoms with E-state index in [2.05, 4.69) is 44.3 Å². The minimum Gasteiger partial charge on any atom is -0.493 e. The summed E-state index contributed by atoms with van der Waals surface area (Å²) < 4.78 is 13.2. The van der Waals surface area contributed by atoms with Crippen molar-refractivity contribution < 1.29 is 19.2 Å². The number of aryl methyl sites for hydroxylation is 1. The molecular weight excluding hydrogens is 522 g/mol. The Morgan fingerprint density at radius 2 is 1.76 bits per heavy atom. The molecule has 0 bridgehead atoms. The predicted octanol–water partition coefficient (Wildman–Crippen LogP) is 6.32. The van der Waals surface area contributed by atoms with Gasteiger partial charge in [-0.2, -0.15) is 5.10 Å². The van der Waals surface area contributed by atoms with Gasteiger partial charge in [-0.25, -0.2) is 10.4 Å². The van der Waals surface area contributed by atoms with Crippen molar-refractivity contribution in [2.45, 2.75) is 6.92 Å². The summed E-state index contributed by atoms with van der Waals surface area (Å²) in [6.07, 6.45) is 2.60. The summed E-state index contributed by atoms with van der Waals surface area (Å²) in [7, 11) is 1.48. The number of pyridine rings is 1. The highest BCUT2D eigenvalue weighted by Gasteiger charge is 2.12. The third kappa shape index (κ3) is 6.12. The normalized spacial score (nSPS) is 10.9. The molecule has 0 saturated heterocycles. The van der Waals surface area contributed by atoms with Crippen LogP contribution in [0.1, 0.15) is 21.6 Å². The molecule has 41 heavy (non-hydrogen) atoms. The second kappa shape index (κ2) is 12.0. The zero-order valence-electron chi connectivity index (χ0n) is 22.2. The van der Waals surface area contributed by atoms with Crippen LogP contribution >= 0.6 is 0 Å². The summed E-state index contributed by atoms with van der Waals surface area (Å²) in [4.78, 5) is 26.9. The molecule has 2 aromatic heterocycles. The van der Waals surface area contributed by atoms with E-state index in [9.17, 15) is 14.9 Å². The van der Waals surface area contributed by atoms with Gasteiger partial charge in [-0.3, -0.25) is 14.9 Å². The predicted molar refractivity (Wildman–Crippen MR) is 155 cm³/mol. The standard InChI is InChI=1S/C31H25N5O5/c1-21-8-15-27(23-6-4-3-5-7-23)35(21)25-12-10-24(11-13-25)31(37)34-33-19-22-9-16-28(29(18-22)40-2)41-30-17-14-26(20-32-30)36(38)39/h3-20H,1-2H3,(H,34,37)/b33-19+. The van der Waals surface area contributed by atoms with E-state index in [1.165, 1.54) is 25.5 Å². The number of nitro groups is 1. The van der Waals surface area contributed by atoms with Gasteiger partial charge in [0.1, 0.15) is 6.20 Å². The van der Waals surface area contributed by atoms with Crippen molar-refractivity contribution in [3.63, 3.8) is 0 Å². The number of amides is 1. The Morgan fingerprint density at radius 1 is 0.976 bits per heavy atom. The fourth-order valence-corrected chi connectivity index (χ4v) is 4.21. The van der Waals surface area contributed by atoms with Gasteiger partial charge in [-0.05, 0) is 72.6 Å². The summed E-state index contributed by atoms with van der Waals surface area (Å²) in [5.41, 5.74) is 7.73. The summed E-state index contributed by atoms with van der Waals surface area (Å²) in [6.45, 7) is 2.04. The Hall–Kier alpha value is -5.77. The van der Waals surface area contributed by atoms with Gasteiger partial charge in [0.05, 0.1) is 23.9 Å². The SMILES string of the molecule is COc1cc(/C=N/NC(=O)c2ccc(-n3c(C)ccc3-c3ccccc3)cc2)ccc1Oc1ccc([N+](=O)[O-])cn1. The maximum atomic E-state index is 12.7. The Morgan fingerprint density at radius 3 is 2.44 bits per heavy atom. The number of nitrogens with zero attached hydrogens (tertiary/aromatic N) is 4. The Balaban J connectivity index is 1.24. The first-order valence-electron chi connectivity index (χ1n) is 12.6. The number of rotatable bonds is 9. The molecule has 204 valence electrons. The fraction of sp³-hybridized carbons (Fsp3) is 0.0645. The monoisotopic (exact) mass is 547 g/mol. The first kappa shape index (κ1) is 26.8. The number of hydrazone groups is 1. The molecule has 0 aliphatic heterocycles. The number of ether oxygens (including phenoxy) is 2. The van der Waals surface area contributed by atoms with Gasteiger partial charge in [0.15, 0.2) is 11.5 Å². The molecule has 2 heterocycles. The number of nitrogens with one attached hydrogen (secondary N) is 1. The van der Waals surface area contributed by atoms with Gasteiger partial charge in [0, 0.05) is 29.1 Å². The van der Waals surface area contributed by atoms with Crippen LogP contribution in [0.4, 0.5) is 5.69 Å². The molecule has 10 nitrogen and oxygen atoms in total. The quantitative estimate of drug-likeness (QED) is 0.131. The first-order chi connectivity index (χ1) is 19.9. The van der Waals surface area contributed by atoms with Crippen LogP contribution in [-0.2, 0) is 0 Å². The second-order valence-corrected chi connectivity index (χ2v) is 8.93. The Kier molecular flexibility index (Phi) is 7.82. The van der Waals surface area contributed by atoms with Crippen LogP contribution in [0.3, 0.4) is 0 Å². The van der Waals surface area contributed by atoms with E-state index < -0.39 is 4.92 Å². The highest BCUT2D eigenvalue weighted by atomic mass is 16.6. The van der Waals surface area contributed by atoms with E-state index in [0.717, 1.165) is 28.8 Å². The lowest BCUT2D eigenvalue weighted by Gasteiger charge is -2.12. The van der Waals surface area contributed by atoms with Gasteiger partial charge >= 0.3 is 0 Å². The molecule has 1 amide bonds. The van der Waals surface area contributed by atoms with Gasteiger partial charge in [-0.1, -0.05) is 30.3 Å². The molecule has 0 unspecified atom stereocenters. The highest BCUT2D eigenvalue weighted by molar-refractivity contribution is 5.95. The molecule has 3 aromatic carbocycles. The number of aromatic nitrogens is 2. The topological polar surface area (TPSA) is 121 Å². The van der Waals surface area contributed by atoms with Gasteiger partial charge < -0.3 is 14.0 Å². The second-order valence-electron chi connectivity index (χ2n) is 8.93. The van der Waals surface area contributed by atoms with E-state index >= 15 is 0 Å². The number of hydrogen-bond acceptors (Lipinski definition) is 7. The minimum atomic E-state index is -0.536. The van der Waals surface area contributed by atoms with Crippen LogP contribution in [0.15, 0.2) is 108 Å². The summed E-state index contributed by atoms with van der Waals surface area (Å²) in [5, 5.41) is 14.9. The van der Waals surface area contributed by atoms with Crippen LogP contribution in [0.25, 0.3) is 16.9 Å². The summed E-state index contributed by atoms with van der Waals surface area (Å²) in [6, 6.07) is 29.4. The third-order valence-corrected chi connectivity index (χ3v) is 6.25. The van der Waals surface area contributed by atoms with Crippen molar-refractivity contribution in [1.29, 1.82) is 0 Å². The molecule has 10 heteroatoms. The van der Waals surface area contributed by atoms with Crippen molar-refractivity contribution in [2.24, 2.45) is 5.10 Å². The van der Waals surface area contributed by atoms with E-state index in [0.29, 0.717) is 22.6 Å². The number of benzene rings is 3. The fourth-order valence-electron chi connectivity index (χ4n) is 4.21. The van der Waals surface area contributed by atoms with Gasteiger partial charge in [-0.15, -0.1) is 0 Å². The zero-order chi connectivity index (χ0) is 28.8. The van der Waals surface area contributed by atoms with Crippen LogP contribution in [0, 0.1) is 17.0 Å². The largest absolute Gasteiger partial charge is 0.493 e. The van der Waals surface area contributed by atoms with Gasteiger partial charge in [0.25, 0.3) is 11.6 Å². The van der Waals surface area contributed by atoms with E-state index in [4.69, 9.17) is 9.47 Å². The van der Waals surface area contributed by atoms with Crippen molar-refractivity contribution >= 4 is 17.8 Å². The lowest BCUT2D eigenvalue weighted by atomic mass is 10.1. The summed E-state index contributed by atoms with van der Waals surface area (Å²) in [5.74, 6) is 0.586. The molecule has 0 atom stereocenters. The van der Waals surface area contributed by atoms with Crippen molar-refractivity contribution in [3.8, 4) is 34.3 Å². The molecule has 0 radical (unpaired) electrons. The van der Waals surface area contributed by atoms with E-state index in [-0.39, 0.29) is 17.5 Å². The number of carbonyl (C=O) groups is 1. The average Bonchev–Trinajstić information content (AvgIpc) is 3.39. The average molecular weight is 548 g/mol. The Labute approximate surface area is 235 Å². The Bertz CT molecular complexity index is 1710. The molecule has 0 spiro atoms. The lowest BCUT2D eigenvalue weighted by Crippen LogP contribution is -2.17. The molecule has 0 fully saturated rings. The molecule has 1 N–H and O–H groups in total. The van der Waals surface area contributed by atoms with Crippen LogP contribution in [-0.4, -0.2) is 33.7 Å². The maximum absolute atomic E-state index is 12.7. The van der Waals surface area contributed by atoms with Crippen LogP contribution < -0.4 is 14.9 Å². The van der Waals surface area contributed by atoms with Crippen LogP contribution in [0.2, 0.25) is 0 Å². The number of methoxy groups -OCH3 is 1. The molecule has 0 aliphatic rings. The van der Waals surface area contributed by atoms with Crippen LogP contribution in [0.5, 0.6) is 17.4 Å². The lowest BCUT2D eigenvalue weighted by molar-refractivity contribution is -0.385. The highest BCUT2D eigenvalue weighted by Crippen LogP contribution is 2.32. The maximum Gasteiger partial charge on any atom is 0.287 e. The first-order valence-corrected chi connectivity index (χ1v) is 12.6. The van der Waals surface area contributed by atoms with Crippen molar-refractivity contribution in [1.82, 2.24) is 15.0 Å². The van der Waals surface area contributed by atoms with E-state index in [1.807, 2.05) is 37.3 Å². The molecule has 0 saturated carbocycles. The van der Waals surface area contributed by atoms with Crippen molar-refractivity contribution in [2.75, 3.05) is 7.11 Å². The molecular formula is C31H25N5O5. The van der Waals surface area contributed by atoms with Crippen molar-refractivity contribution in [3.05, 3.63) is 130 Å². The third-order valence-electron chi connectivity index (χ3n) is 6.25. The molecule has 5 aromatic rings.